The molecule has 1 rings (SSSR count). The van der Waals surface area contributed by atoms with E-state index in [4.69, 9.17) is 0 Å². The van der Waals surface area contributed by atoms with Gasteiger partial charge in [0, 0.05) is 0 Å². The zero-order chi connectivity index (χ0) is 15.1. The maximum Gasteiger partial charge on any atom is -0.0132 e. The summed E-state index contributed by atoms with van der Waals surface area (Å²) in [6.45, 7) is 18.9. The van der Waals surface area contributed by atoms with Gasteiger partial charge in [0.2, 0.25) is 0 Å². The summed E-state index contributed by atoms with van der Waals surface area (Å²) in [5.74, 6) is 0. The number of allylic oxidation sites excluding steroid dienone is 3. The Bertz CT molecular complexity index is 410. The molecule has 0 spiro atoms. The van der Waals surface area contributed by atoms with Crippen molar-refractivity contribution in [2.24, 2.45) is 0 Å². The van der Waals surface area contributed by atoms with Gasteiger partial charge in [0.25, 0.3) is 0 Å². The molecule has 0 heterocycles. The largest absolute Gasteiger partial charge is 0.0961 e. The second-order valence-electron chi connectivity index (χ2n) is 5.70. The van der Waals surface area contributed by atoms with Crippen LogP contribution in [0.1, 0.15) is 66.0 Å². The lowest BCUT2D eigenvalue weighted by atomic mass is 9.86. The summed E-state index contributed by atoms with van der Waals surface area (Å²) >= 11 is 0. The minimum Gasteiger partial charge on any atom is -0.0961 e. The fourth-order valence-electron chi connectivity index (χ4n) is 1.87. The van der Waals surface area contributed by atoms with E-state index in [0.29, 0.717) is 0 Å². The highest BCUT2D eigenvalue weighted by molar-refractivity contribution is 5.68. The molecular formula is C19H30. The number of hydrogen-bond acceptors (Lipinski definition) is 0. The molecule has 0 unspecified atom stereocenters. The number of hydrogen-bond donors (Lipinski definition) is 0. The lowest BCUT2D eigenvalue weighted by Gasteiger charge is -2.19. The highest BCUT2D eigenvalue weighted by Crippen LogP contribution is 2.25. The molecule has 0 bridgehead atoms. The molecule has 0 aliphatic heterocycles. The van der Waals surface area contributed by atoms with E-state index in [-0.39, 0.29) is 5.41 Å². The molecule has 0 heteroatoms. The van der Waals surface area contributed by atoms with Gasteiger partial charge in [-0.3, -0.25) is 0 Å². The zero-order valence-corrected chi connectivity index (χ0v) is 13.8. The Labute approximate surface area is 120 Å². The van der Waals surface area contributed by atoms with E-state index in [1.807, 2.05) is 20.8 Å². The van der Waals surface area contributed by atoms with Gasteiger partial charge in [0.15, 0.2) is 0 Å². The second kappa shape index (κ2) is 7.99. The summed E-state index contributed by atoms with van der Waals surface area (Å²) in [6, 6.07) is 8.91. The lowest BCUT2D eigenvalue weighted by Crippen LogP contribution is -2.10. The van der Waals surface area contributed by atoms with Gasteiger partial charge < -0.3 is 0 Å². The molecule has 1 aromatic carbocycles. The van der Waals surface area contributed by atoms with Crippen LogP contribution in [0.5, 0.6) is 0 Å². The summed E-state index contributed by atoms with van der Waals surface area (Å²) in [5, 5.41) is 0. The third kappa shape index (κ3) is 5.92. The van der Waals surface area contributed by atoms with E-state index in [1.165, 1.54) is 16.7 Å². The molecule has 0 aliphatic carbocycles. The fourth-order valence-corrected chi connectivity index (χ4v) is 1.87. The molecule has 106 valence electrons. The molecule has 0 N–H and O–H groups in total. The quantitative estimate of drug-likeness (QED) is 0.552. The van der Waals surface area contributed by atoms with Crippen LogP contribution in [0, 0.1) is 0 Å². The second-order valence-corrected chi connectivity index (χ2v) is 5.70. The van der Waals surface area contributed by atoms with Crippen LogP contribution in [0.25, 0.3) is 5.57 Å². The van der Waals surface area contributed by atoms with E-state index >= 15 is 0 Å². The van der Waals surface area contributed by atoms with E-state index in [9.17, 15) is 0 Å². The van der Waals surface area contributed by atoms with Crippen molar-refractivity contribution in [1.82, 2.24) is 0 Å². The van der Waals surface area contributed by atoms with Crippen LogP contribution >= 0.6 is 0 Å². The first-order valence-corrected chi connectivity index (χ1v) is 7.31. The van der Waals surface area contributed by atoms with Gasteiger partial charge >= 0.3 is 0 Å². The predicted molar refractivity (Wildman–Crippen MR) is 89.6 cm³/mol. The molecule has 0 nitrogen and oxygen atoms in total. The zero-order valence-electron chi connectivity index (χ0n) is 13.8. The molecule has 1 aromatic rings. The molecule has 0 fully saturated rings. The van der Waals surface area contributed by atoms with Crippen LogP contribution < -0.4 is 0 Å². The third-order valence-corrected chi connectivity index (χ3v) is 2.92. The van der Waals surface area contributed by atoms with E-state index < -0.39 is 0 Å². The van der Waals surface area contributed by atoms with Crippen molar-refractivity contribution in [2.45, 2.75) is 60.3 Å². The van der Waals surface area contributed by atoms with Gasteiger partial charge in [-0.1, -0.05) is 84.0 Å². The standard InChI is InChI=1S/C17H24.C2H6/c1-7-14(12-13(2)3)15-8-10-16(11-9-15)17(4,5)6;1-2/h8-12H,2,7H2,1,3-6H3;1-2H3/b14-12+;. The van der Waals surface area contributed by atoms with Crippen LogP contribution in [-0.2, 0) is 5.41 Å². The van der Waals surface area contributed by atoms with Crippen molar-refractivity contribution >= 4 is 5.57 Å². The van der Waals surface area contributed by atoms with Crippen LogP contribution in [0.15, 0.2) is 42.5 Å². The first-order chi connectivity index (χ1) is 8.84. The van der Waals surface area contributed by atoms with Crippen LogP contribution in [0.2, 0.25) is 0 Å². The van der Waals surface area contributed by atoms with Gasteiger partial charge in [-0.15, -0.1) is 0 Å². The van der Waals surface area contributed by atoms with Crippen LogP contribution in [-0.4, -0.2) is 0 Å². The maximum absolute atomic E-state index is 3.95. The highest BCUT2D eigenvalue weighted by atomic mass is 14.2. The first-order valence-electron chi connectivity index (χ1n) is 7.31. The highest BCUT2D eigenvalue weighted by Gasteiger charge is 2.13. The Morgan fingerprint density at radius 2 is 1.58 bits per heavy atom. The molecule has 19 heavy (non-hydrogen) atoms. The average Bonchev–Trinajstić information content (AvgIpc) is 2.37. The Hall–Kier alpha value is -1.30. The van der Waals surface area contributed by atoms with Crippen LogP contribution in [0.4, 0.5) is 0 Å². The predicted octanol–water partition coefficient (Wildman–Crippen LogP) is 6.38. The van der Waals surface area contributed by atoms with Gasteiger partial charge in [0.1, 0.15) is 0 Å². The van der Waals surface area contributed by atoms with E-state index in [0.717, 1.165) is 12.0 Å². The fraction of sp³-hybridized carbons (Fsp3) is 0.474. The van der Waals surface area contributed by atoms with Crippen LogP contribution in [0.3, 0.4) is 0 Å². The molecular weight excluding hydrogens is 228 g/mol. The SMILES string of the molecule is C=C(C)/C=C(\CC)c1ccc(C(C)(C)C)cc1.CC. The minimum atomic E-state index is 0.225. The van der Waals surface area contributed by atoms with Crippen molar-refractivity contribution in [1.29, 1.82) is 0 Å². The summed E-state index contributed by atoms with van der Waals surface area (Å²) in [7, 11) is 0. The Balaban J connectivity index is 0.00000154. The molecule has 0 saturated heterocycles. The Morgan fingerprint density at radius 1 is 1.11 bits per heavy atom. The molecule has 0 aliphatic rings. The molecule has 0 saturated carbocycles. The third-order valence-electron chi connectivity index (χ3n) is 2.92. The number of benzene rings is 1. The van der Waals surface area contributed by atoms with Gasteiger partial charge in [0.05, 0.1) is 0 Å². The topological polar surface area (TPSA) is 0 Å². The monoisotopic (exact) mass is 258 g/mol. The van der Waals surface area contributed by atoms with Crippen molar-refractivity contribution < 1.29 is 0 Å². The van der Waals surface area contributed by atoms with Gasteiger partial charge in [-0.25, -0.2) is 0 Å². The van der Waals surface area contributed by atoms with E-state index in [2.05, 4.69) is 64.6 Å². The summed E-state index contributed by atoms with van der Waals surface area (Å²) in [6.07, 6.45) is 3.22. The molecule has 0 radical (unpaired) electrons. The van der Waals surface area contributed by atoms with Crippen molar-refractivity contribution in [2.75, 3.05) is 0 Å². The van der Waals surface area contributed by atoms with Crippen molar-refractivity contribution in [3.8, 4) is 0 Å². The van der Waals surface area contributed by atoms with Crippen molar-refractivity contribution in [3.05, 3.63) is 53.6 Å². The van der Waals surface area contributed by atoms with Gasteiger partial charge in [-0.2, -0.15) is 0 Å². The van der Waals surface area contributed by atoms with Gasteiger partial charge in [-0.05, 0) is 35.5 Å². The minimum absolute atomic E-state index is 0.225. The summed E-state index contributed by atoms with van der Waals surface area (Å²) < 4.78 is 0. The molecule has 0 atom stereocenters. The smallest absolute Gasteiger partial charge is 0.0132 e. The lowest BCUT2D eigenvalue weighted by molar-refractivity contribution is 0.590. The normalized spacial score (nSPS) is 11.6. The average molecular weight is 258 g/mol. The Kier molecular flexibility index (Phi) is 7.44. The number of rotatable bonds is 3. The summed E-state index contributed by atoms with van der Waals surface area (Å²) in [4.78, 5) is 0. The first kappa shape index (κ1) is 17.7. The Morgan fingerprint density at radius 3 is 1.89 bits per heavy atom. The molecule has 0 amide bonds. The molecule has 0 aromatic heterocycles. The van der Waals surface area contributed by atoms with E-state index in [1.54, 1.807) is 0 Å². The summed E-state index contributed by atoms with van der Waals surface area (Å²) in [5.41, 5.74) is 5.39. The maximum atomic E-state index is 3.95. The van der Waals surface area contributed by atoms with Crippen molar-refractivity contribution in [3.63, 3.8) is 0 Å².